The molecule has 2 saturated heterocycles. The van der Waals surface area contributed by atoms with Gasteiger partial charge in [-0.2, -0.15) is 0 Å². The van der Waals surface area contributed by atoms with E-state index >= 15 is 0 Å². The minimum absolute atomic E-state index is 0.110. The van der Waals surface area contributed by atoms with E-state index in [1.54, 1.807) is 4.90 Å². The number of nitrogens with two attached hydrogens (primary N) is 1. The van der Waals surface area contributed by atoms with Crippen molar-refractivity contribution in [3.63, 3.8) is 0 Å². The molecular formula is C19H27BrN4O3. The van der Waals surface area contributed by atoms with E-state index in [2.05, 4.69) is 20.8 Å². The lowest BCUT2D eigenvalue weighted by Gasteiger charge is -2.43. The lowest BCUT2D eigenvalue weighted by molar-refractivity contribution is -0.132. The van der Waals surface area contributed by atoms with Gasteiger partial charge in [0, 0.05) is 54.5 Å². The zero-order chi connectivity index (χ0) is 19.8. The van der Waals surface area contributed by atoms with E-state index in [4.69, 9.17) is 10.5 Å². The normalized spacial score (nSPS) is 18.5. The number of carbonyl (C=O) groups is 2. The third kappa shape index (κ3) is 4.86. The van der Waals surface area contributed by atoms with E-state index in [9.17, 15) is 9.59 Å². The van der Waals surface area contributed by atoms with Crippen LogP contribution in [0.25, 0.3) is 0 Å². The molecule has 1 aromatic rings. The third-order valence-corrected chi connectivity index (χ3v) is 5.47. The molecule has 0 aromatic heterocycles. The van der Waals surface area contributed by atoms with Gasteiger partial charge in [-0.1, -0.05) is 0 Å². The molecule has 2 heterocycles. The van der Waals surface area contributed by atoms with Gasteiger partial charge in [0.25, 0.3) is 0 Å². The molecule has 0 saturated carbocycles. The van der Waals surface area contributed by atoms with Crippen LogP contribution in [0.15, 0.2) is 22.7 Å². The van der Waals surface area contributed by atoms with Crippen molar-refractivity contribution in [1.82, 2.24) is 9.80 Å². The summed E-state index contributed by atoms with van der Waals surface area (Å²) in [7, 11) is 0. The molecule has 148 valence electrons. The maximum Gasteiger partial charge on any atom is 0.410 e. The van der Waals surface area contributed by atoms with Gasteiger partial charge in [-0.3, -0.25) is 4.79 Å². The number of amides is 2. The number of anilines is 2. The van der Waals surface area contributed by atoms with Crippen molar-refractivity contribution in [2.24, 2.45) is 5.92 Å². The SMILES string of the molecule is CC(C)(C)OC(=O)N1CC(CN2CCN(c3ccc(Br)c(N)c3)CC2=O)C1. The fourth-order valence-electron chi connectivity index (χ4n) is 3.32. The Labute approximate surface area is 168 Å². The molecule has 0 spiro atoms. The Hall–Kier alpha value is -1.96. The Morgan fingerprint density at radius 1 is 1.30 bits per heavy atom. The van der Waals surface area contributed by atoms with Crippen molar-refractivity contribution in [1.29, 1.82) is 0 Å². The fraction of sp³-hybridized carbons (Fsp3) is 0.579. The highest BCUT2D eigenvalue weighted by atomic mass is 79.9. The number of rotatable bonds is 3. The van der Waals surface area contributed by atoms with Crippen molar-refractivity contribution in [2.45, 2.75) is 26.4 Å². The average molecular weight is 439 g/mol. The van der Waals surface area contributed by atoms with Gasteiger partial charge in [0.1, 0.15) is 5.60 Å². The van der Waals surface area contributed by atoms with E-state index in [-0.39, 0.29) is 12.0 Å². The minimum Gasteiger partial charge on any atom is -0.444 e. The highest BCUT2D eigenvalue weighted by molar-refractivity contribution is 9.10. The Balaban J connectivity index is 1.47. The molecule has 0 atom stereocenters. The van der Waals surface area contributed by atoms with Crippen LogP contribution in [0, 0.1) is 5.92 Å². The number of carbonyl (C=O) groups excluding carboxylic acids is 2. The van der Waals surface area contributed by atoms with Gasteiger partial charge in [0.05, 0.1) is 6.54 Å². The Morgan fingerprint density at radius 3 is 2.59 bits per heavy atom. The molecule has 8 heteroatoms. The Bertz CT molecular complexity index is 728. The topological polar surface area (TPSA) is 79.1 Å². The van der Waals surface area contributed by atoms with E-state index in [0.29, 0.717) is 44.3 Å². The molecule has 3 rings (SSSR count). The molecule has 2 N–H and O–H groups in total. The van der Waals surface area contributed by atoms with Crippen molar-refractivity contribution in [3.05, 3.63) is 22.7 Å². The summed E-state index contributed by atoms with van der Waals surface area (Å²) < 4.78 is 6.23. The summed E-state index contributed by atoms with van der Waals surface area (Å²) in [6, 6.07) is 5.76. The number of nitrogen functional groups attached to an aromatic ring is 1. The van der Waals surface area contributed by atoms with Crippen molar-refractivity contribution < 1.29 is 14.3 Å². The number of benzene rings is 1. The molecular weight excluding hydrogens is 412 g/mol. The highest BCUT2D eigenvalue weighted by Gasteiger charge is 2.36. The molecule has 2 aliphatic rings. The molecule has 1 aromatic carbocycles. The molecule has 0 bridgehead atoms. The number of likely N-dealkylation sites (tertiary alicyclic amines) is 1. The summed E-state index contributed by atoms with van der Waals surface area (Å²) in [6.07, 6.45) is -0.275. The quantitative estimate of drug-likeness (QED) is 0.733. The van der Waals surface area contributed by atoms with Gasteiger partial charge in [-0.25, -0.2) is 4.79 Å². The maximum atomic E-state index is 12.5. The second-order valence-electron chi connectivity index (χ2n) is 8.22. The summed E-state index contributed by atoms with van der Waals surface area (Å²) in [4.78, 5) is 30.2. The number of ether oxygens (including phenoxy) is 1. The van der Waals surface area contributed by atoms with Crippen LogP contribution in [-0.2, 0) is 9.53 Å². The summed E-state index contributed by atoms with van der Waals surface area (Å²) >= 11 is 3.39. The lowest BCUT2D eigenvalue weighted by Crippen LogP contribution is -2.58. The molecule has 0 aliphatic carbocycles. The van der Waals surface area contributed by atoms with E-state index in [0.717, 1.165) is 16.7 Å². The largest absolute Gasteiger partial charge is 0.444 e. The second-order valence-corrected chi connectivity index (χ2v) is 9.07. The fourth-order valence-corrected chi connectivity index (χ4v) is 3.57. The third-order valence-electron chi connectivity index (χ3n) is 4.75. The molecule has 7 nitrogen and oxygen atoms in total. The Morgan fingerprint density at radius 2 is 2.00 bits per heavy atom. The van der Waals surface area contributed by atoms with Gasteiger partial charge < -0.3 is 25.2 Å². The van der Waals surface area contributed by atoms with Crippen LogP contribution in [0.4, 0.5) is 16.2 Å². The number of hydrogen-bond acceptors (Lipinski definition) is 5. The van der Waals surface area contributed by atoms with Crippen LogP contribution < -0.4 is 10.6 Å². The summed E-state index contributed by atoms with van der Waals surface area (Å²) in [5.41, 5.74) is 7.09. The standard InChI is InChI=1S/C19H27BrN4O3/c1-19(2,3)27-18(26)24-10-13(11-24)9-23-7-6-22(12-17(23)25)14-4-5-15(20)16(21)8-14/h4-5,8,13H,6-7,9-12,21H2,1-3H3. The minimum atomic E-state index is -0.481. The summed E-state index contributed by atoms with van der Waals surface area (Å²) in [5, 5.41) is 0. The summed E-state index contributed by atoms with van der Waals surface area (Å²) in [5.74, 6) is 0.426. The van der Waals surface area contributed by atoms with Gasteiger partial charge in [-0.05, 0) is 54.9 Å². The van der Waals surface area contributed by atoms with E-state index < -0.39 is 5.60 Å². The zero-order valence-electron chi connectivity index (χ0n) is 16.1. The monoisotopic (exact) mass is 438 g/mol. The zero-order valence-corrected chi connectivity index (χ0v) is 17.7. The van der Waals surface area contributed by atoms with Crippen LogP contribution >= 0.6 is 15.9 Å². The number of nitrogens with zero attached hydrogens (tertiary/aromatic N) is 3. The van der Waals surface area contributed by atoms with Gasteiger partial charge in [0.2, 0.25) is 5.91 Å². The van der Waals surface area contributed by atoms with Crippen LogP contribution in [0.2, 0.25) is 0 Å². The molecule has 2 aliphatic heterocycles. The maximum absolute atomic E-state index is 12.5. The first kappa shape index (κ1) is 19.8. The van der Waals surface area contributed by atoms with Crippen molar-refractivity contribution >= 4 is 39.3 Å². The lowest BCUT2D eigenvalue weighted by atomic mass is 9.99. The Kier molecular flexibility index (Phi) is 5.55. The van der Waals surface area contributed by atoms with Gasteiger partial charge in [-0.15, -0.1) is 0 Å². The number of halogens is 1. The van der Waals surface area contributed by atoms with Crippen molar-refractivity contribution in [2.75, 3.05) is 49.9 Å². The van der Waals surface area contributed by atoms with Gasteiger partial charge >= 0.3 is 6.09 Å². The van der Waals surface area contributed by atoms with Crippen molar-refractivity contribution in [3.8, 4) is 0 Å². The predicted octanol–water partition coefficient (Wildman–Crippen LogP) is 2.55. The molecule has 2 amide bonds. The van der Waals surface area contributed by atoms with E-state index in [1.165, 1.54) is 0 Å². The molecule has 0 unspecified atom stereocenters. The smallest absolute Gasteiger partial charge is 0.410 e. The first-order valence-corrected chi connectivity index (χ1v) is 9.97. The first-order chi connectivity index (χ1) is 12.6. The summed E-state index contributed by atoms with van der Waals surface area (Å²) in [6.45, 7) is 9.36. The predicted molar refractivity (Wildman–Crippen MR) is 109 cm³/mol. The van der Waals surface area contributed by atoms with Crippen LogP contribution in [0.5, 0.6) is 0 Å². The molecule has 2 fully saturated rings. The van der Waals surface area contributed by atoms with Gasteiger partial charge in [0.15, 0.2) is 0 Å². The van der Waals surface area contributed by atoms with Crippen LogP contribution in [0.1, 0.15) is 20.8 Å². The van der Waals surface area contributed by atoms with Crippen LogP contribution in [0.3, 0.4) is 0 Å². The van der Waals surface area contributed by atoms with E-state index in [1.807, 2.05) is 43.9 Å². The first-order valence-electron chi connectivity index (χ1n) is 9.18. The second kappa shape index (κ2) is 7.58. The molecule has 0 radical (unpaired) electrons. The highest BCUT2D eigenvalue weighted by Crippen LogP contribution is 2.27. The molecule has 27 heavy (non-hydrogen) atoms. The number of piperazine rings is 1. The average Bonchev–Trinajstić information content (AvgIpc) is 2.52. The number of hydrogen-bond donors (Lipinski definition) is 1. The van der Waals surface area contributed by atoms with Crippen LogP contribution in [-0.4, -0.2) is 66.7 Å².